The van der Waals surface area contributed by atoms with Crippen LogP contribution in [0.2, 0.25) is 5.02 Å². The number of hydrogen-bond acceptors (Lipinski definition) is 4. The van der Waals surface area contributed by atoms with E-state index in [2.05, 4.69) is 5.32 Å². The highest BCUT2D eigenvalue weighted by atomic mass is 35.5. The third-order valence-corrected chi connectivity index (χ3v) is 5.75. The van der Waals surface area contributed by atoms with Gasteiger partial charge in [-0.1, -0.05) is 48.0 Å². The lowest BCUT2D eigenvalue weighted by atomic mass is 10.2. The molecule has 1 atom stereocenters. The normalized spacial score (nSPS) is 12.1. The lowest BCUT2D eigenvalue weighted by Gasteiger charge is -2.28. The molecular weight excluding hydrogens is 424 g/mol. The van der Waals surface area contributed by atoms with Crippen molar-refractivity contribution in [3.8, 4) is 11.5 Å². The second-order valence-electron chi connectivity index (χ2n) is 6.62. The molecule has 0 aliphatic carbocycles. The van der Waals surface area contributed by atoms with Gasteiger partial charge < -0.3 is 10.1 Å². The second kappa shape index (κ2) is 9.19. The van der Waals surface area contributed by atoms with E-state index in [1.807, 2.05) is 18.2 Å². The molecule has 0 aliphatic heterocycles. The number of halogens is 1. The number of rotatable bonds is 7. The Bertz CT molecular complexity index is 1120. The summed E-state index contributed by atoms with van der Waals surface area (Å²) in [4.78, 5) is 13.0. The summed E-state index contributed by atoms with van der Waals surface area (Å²) in [7, 11) is -3.71. The zero-order valence-corrected chi connectivity index (χ0v) is 18.0. The number of amides is 1. The van der Waals surface area contributed by atoms with E-state index >= 15 is 0 Å². The van der Waals surface area contributed by atoms with Gasteiger partial charge in [0.25, 0.3) is 0 Å². The highest BCUT2D eigenvalue weighted by molar-refractivity contribution is 7.92. The zero-order chi connectivity index (χ0) is 21.7. The molecule has 0 saturated carbocycles. The van der Waals surface area contributed by atoms with E-state index in [0.29, 0.717) is 27.9 Å². The third kappa shape index (κ3) is 5.31. The molecule has 156 valence electrons. The van der Waals surface area contributed by atoms with Crippen molar-refractivity contribution < 1.29 is 17.9 Å². The second-order valence-corrected chi connectivity index (χ2v) is 8.91. The lowest BCUT2D eigenvalue weighted by molar-refractivity contribution is -0.116. The van der Waals surface area contributed by atoms with Gasteiger partial charge in [-0.2, -0.15) is 0 Å². The quantitative estimate of drug-likeness (QED) is 0.560. The number of nitrogens with zero attached hydrogens (tertiary/aromatic N) is 1. The molecule has 0 fully saturated rings. The van der Waals surface area contributed by atoms with Crippen LogP contribution in [0.1, 0.15) is 6.92 Å². The molecule has 0 aromatic heterocycles. The van der Waals surface area contributed by atoms with Crippen LogP contribution < -0.4 is 14.4 Å². The molecule has 1 amide bonds. The summed E-state index contributed by atoms with van der Waals surface area (Å²) in [5.41, 5.74) is 0.735. The average Bonchev–Trinajstić information content (AvgIpc) is 2.70. The molecule has 0 radical (unpaired) electrons. The molecule has 0 spiro atoms. The van der Waals surface area contributed by atoms with E-state index < -0.39 is 22.0 Å². The zero-order valence-electron chi connectivity index (χ0n) is 16.4. The summed E-state index contributed by atoms with van der Waals surface area (Å²) in [5.74, 6) is 0.451. The summed E-state index contributed by atoms with van der Waals surface area (Å²) in [6.45, 7) is 1.52. The van der Waals surface area contributed by atoms with E-state index in [9.17, 15) is 13.2 Å². The van der Waals surface area contributed by atoms with Crippen LogP contribution in [-0.4, -0.2) is 26.6 Å². The van der Waals surface area contributed by atoms with Gasteiger partial charge in [-0.25, -0.2) is 8.42 Å². The molecule has 8 heteroatoms. The van der Waals surface area contributed by atoms with Crippen LogP contribution in [0.5, 0.6) is 11.5 Å². The highest BCUT2D eigenvalue weighted by Crippen LogP contribution is 2.32. The molecule has 0 unspecified atom stereocenters. The molecule has 3 rings (SSSR count). The molecule has 0 bridgehead atoms. The molecular formula is C22H21ClN2O4S. The molecule has 30 heavy (non-hydrogen) atoms. The molecule has 3 aromatic rings. The fraction of sp³-hybridized carbons (Fsp3) is 0.136. The Morgan fingerprint density at radius 2 is 1.60 bits per heavy atom. The molecule has 3 aromatic carbocycles. The Labute approximate surface area is 181 Å². The van der Waals surface area contributed by atoms with Crippen molar-refractivity contribution in [3.63, 3.8) is 0 Å². The summed E-state index contributed by atoms with van der Waals surface area (Å²) < 4.78 is 31.7. The van der Waals surface area contributed by atoms with Crippen LogP contribution in [0.3, 0.4) is 0 Å². The first kappa shape index (κ1) is 21.7. The number of benzene rings is 3. The maximum Gasteiger partial charge on any atom is 0.248 e. The minimum absolute atomic E-state index is 0.338. The summed E-state index contributed by atoms with van der Waals surface area (Å²) >= 11 is 6.10. The van der Waals surface area contributed by atoms with Gasteiger partial charge in [0.2, 0.25) is 15.9 Å². The topological polar surface area (TPSA) is 75.7 Å². The van der Waals surface area contributed by atoms with Gasteiger partial charge in [0.1, 0.15) is 11.8 Å². The average molecular weight is 445 g/mol. The minimum atomic E-state index is -3.71. The first-order chi connectivity index (χ1) is 14.3. The van der Waals surface area contributed by atoms with Gasteiger partial charge in [0.05, 0.1) is 17.6 Å². The van der Waals surface area contributed by atoms with Crippen molar-refractivity contribution in [1.29, 1.82) is 0 Å². The standard InChI is InChI=1S/C22H21ClN2O4S/c1-16(25(30(2,27)28)18-9-5-3-6-10-18)22(26)24-20-15-17(23)13-14-21(20)29-19-11-7-4-8-12-19/h3-16H,1-2H3,(H,24,26)/t16-/m1/s1. The van der Waals surface area contributed by atoms with Gasteiger partial charge in [-0.3, -0.25) is 9.10 Å². The predicted molar refractivity (Wildman–Crippen MR) is 120 cm³/mol. The smallest absolute Gasteiger partial charge is 0.248 e. The Balaban J connectivity index is 1.88. The molecule has 0 aliphatic rings. The number of anilines is 2. The molecule has 0 heterocycles. The minimum Gasteiger partial charge on any atom is -0.455 e. The highest BCUT2D eigenvalue weighted by Gasteiger charge is 2.29. The SMILES string of the molecule is C[C@H](C(=O)Nc1cc(Cl)ccc1Oc1ccccc1)N(c1ccccc1)S(C)(=O)=O. The number of sulfonamides is 1. The molecule has 0 saturated heterocycles. The Morgan fingerprint density at radius 3 is 2.20 bits per heavy atom. The van der Waals surface area contributed by atoms with Crippen LogP contribution in [0.25, 0.3) is 0 Å². The number of carbonyl (C=O) groups excluding carboxylic acids is 1. The summed E-state index contributed by atoms with van der Waals surface area (Å²) in [6.07, 6.45) is 1.06. The van der Waals surface area contributed by atoms with E-state index in [1.54, 1.807) is 60.7 Å². The van der Waals surface area contributed by atoms with E-state index in [4.69, 9.17) is 16.3 Å². The summed E-state index contributed by atoms with van der Waals surface area (Å²) in [6, 6.07) is 21.4. The van der Waals surface area contributed by atoms with Crippen molar-refractivity contribution in [2.75, 3.05) is 15.9 Å². The van der Waals surface area contributed by atoms with Crippen LogP contribution in [0.15, 0.2) is 78.9 Å². The van der Waals surface area contributed by atoms with Gasteiger partial charge in [-0.15, -0.1) is 0 Å². The number of ether oxygens (including phenoxy) is 1. The largest absolute Gasteiger partial charge is 0.455 e. The number of carbonyl (C=O) groups is 1. The maximum absolute atomic E-state index is 13.0. The Morgan fingerprint density at radius 1 is 1.00 bits per heavy atom. The van der Waals surface area contributed by atoms with Gasteiger partial charge >= 0.3 is 0 Å². The third-order valence-electron chi connectivity index (χ3n) is 4.27. The van der Waals surface area contributed by atoms with Crippen molar-refractivity contribution in [3.05, 3.63) is 83.9 Å². The monoisotopic (exact) mass is 444 g/mol. The fourth-order valence-electron chi connectivity index (χ4n) is 2.93. The van der Waals surface area contributed by atoms with Gasteiger partial charge in [0.15, 0.2) is 5.75 Å². The lowest BCUT2D eigenvalue weighted by Crippen LogP contribution is -2.45. The molecule has 6 nitrogen and oxygen atoms in total. The van der Waals surface area contributed by atoms with Crippen LogP contribution in [0, 0.1) is 0 Å². The first-order valence-electron chi connectivity index (χ1n) is 9.13. The summed E-state index contributed by atoms with van der Waals surface area (Å²) in [5, 5.41) is 3.14. The Hall–Kier alpha value is -3.03. The van der Waals surface area contributed by atoms with Crippen molar-refractivity contribution in [2.45, 2.75) is 13.0 Å². The van der Waals surface area contributed by atoms with Gasteiger partial charge in [-0.05, 0) is 49.4 Å². The van der Waals surface area contributed by atoms with E-state index in [0.717, 1.165) is 10.6 Å². The Kier molecular flexibility index (Phi) is 6.64. The predicted octanol–water partition coefficient (Wildman–Crippen LogP) is 4.93. The van der Waals surface area contributed by atoms with E-state index in [1.165, 1.54) is 6.92 Å². The van der Waals surface area contributed by atoms with Crippen molar-refractivity contribution in [1.82, 2.24) is 0 Å². The first-order valence-corrected chi connectivity index (χ1v) is 11.4. The van der Waals surface area contributed by atoms with Crippen molar-refractivity contribution in [2.24, 2.45) is 0 Å². The fourth-order valence-corrected chi connectivity index (χ4v) is 4.27. The maximum atomic E-state index is 13.0. The van der Waals surface area contributed by atoms with Crippen LogP contribution in [-0.2, 0) is 14.8 Å². The molecule has 1 N–H and O–H groups in total. The van der Waals surface area contributed by atoms with Gasteiger partial charge in [0, 0.05) is 5.02 Å². The van der Waals surface area contributed by atoms with Crippen molar-refractivity contribution >= 4 is 38.9 Å². The van der Waals surface area contributed by atoms with Crippen LogP contribution >= 0.6 is 11.6 Å². The number of para-hydroxylation sites is 2. The van der Waals surface area contributed by atoms with Crippen LogP contribution in [0.4, 0.5) is 11.4 Å². The number of hydrogen-bond donors (Lipinski definition) is 1. The van der Waals surface area contributed by atoms with E-state index in [-0.39, 0.29) is 0 Å². The number of nitrogens with one attached hydrogen (secondary N) is 1.